The lowest BCUT2D eigenvalue weighted by molar-refractivity contribution is -0.132. The number of hydrogen-bond acceptors (Lipinski definition) is 5. The number of benzene rings is 2. The second kappa shape index (κ2) is 8.67. The maximum absolute atomic E-state index is 13.2. The summed E-state index contributed by atoms with van der Waals surface area (Å²) in [5.41, 5.74) is 3.40. The molecule has 1 atom stereocenters. The number of rotatable bonds is 5. The van der Waals surface area contributed by atoms with Gasteiger partial charge in [0.15, 0.2) is 0 Å². The smallest absolute Gasteiger partial charge is 0.300 e. The van der Waals surface area contributed by atoms with Crippen molar-refractivity contribution in [1.29, 1.82) is 0 Å². The third-order valence-corrected chi connectivity index (χ3v) is 5.44. The summed E-state index contributed by atoms with van der Waals surface area (Å²) in [6, 6.07) is 16.9. The lowest BCUT2D eigenvalue weighted by atomic mass is 9.97. The van der Waals surface area contributed by atoms with Crippen LogP contribution in [-0.4, -0.2) is 28.4 Å². The van der Waals surface area contributed by atoms with Crippen LogP contribution in [0.4, 0.5) is 5.69 Å². The largest absolute Gasteiger partial charge is 0.507 e. The Kier molecular flexibility index (Phi) is 5.77. The summed E-state index contributed by atoms with van der Waals surface area (Å²) in [6.07, 6.45) is 1.60. The first-order chi connectivity index (χ1) is 15.4. The van der Waals surface area contributed by atoms with Crippen LogP contribution in [0.15, 0.2) is 72.4 Å². The Bertz CT molecular complexity index is 1220. The second-order valence-corrected chi connectivity index (χ2v) is 7.67. The highest BCUT2D eigenvalue weighted by Gasteiger charge is 2.48. The predicted molar refractivity (Wildman–Crippen MR) is 123 cm³/mol. The molecule has 4 rings (SSSR count). The van der Waals surface area contributed by atoms with Crippen molar-refractivity contribution in [3.05, 3.63) is 94.8 Å². The standard InChI is InChI=1S/C26H24N2O4/c1-4-32-19-9-7-8-18(15-19)24(29)22-23(20-10-5-6-13-27-20)28(26(31)25(22)30)21-12-11-16(2)14-17(21)3/h5-15,23,29H,4H2,1-3H3/b24-22+. The summed E-state index contributed by atoms with van der Waals surface area (Å²) in [7, 11) is 0. The number of amides is 1. The number of ketones is 1. The Balaban J connectivity index is 1.93. The lowest BCUT2D eigenvalue weighted by Gasteiger charge is -2.26. The van der Waals surface area contributed by atoms with Gasteiger partial charge in [-0.3, -0.25) is 19.5 Å². The van der Waals surface area contributed by atoms with Crippen LogP contribution in [-0.2, 0) is 9.59 Å². The van der Waals surface area contributed by atoms with E-state index in [2.05, 4.69) is 4.98 Å². The molecule has 32 heavy (non-hydrogen) atoms. The van der Waals surface area contributed by atoms with Gasteiger partial charge in [0.25, 0.3) is 11.7 Å². The van der Waals surface area contributed by atoms with E-state index in [0.29, 0.717) is 29.3 Å². The quantitative estimate of drug-likeness (QED) is 0.361. The van der Waals surface area contributed by atoms with Gasteiger partial charge in [0.05, 0.1) is 17.9 Å². The van der Waals surface area contributed by atoms with Gasteiger partial charge in [0.2, 0.25) is 0 Å². The second-order valence-electron chi connectivity index (χ2n) is 7.67. The minimum absolute atomic E-state index is 0.00215. The molecular weight excluding hydrogens is 404 g/mol. The van der Waals surface area contributed by atoms with Gasteiger partial charge in [-0.25, -0.2) is 0 Å². The molecular formula is C26H24N2O4. The summed E-state index contributed by atoms with van der Waals surface area (Å²) in [4.78, 5) is 32.3. The van der Waals surface area contributed by atoms with Gasteiger partial charge >= 0.3 is 0 Å². The van der Waals surface area contributed by atoms with Crippen LogP contribution >= 0.6 is 0 Å². The fraction of sp³-hybridized carbons (Fsp3) is 0.192. The molecule has 1 N–H and O–H groups in total. The van der Waals surface area contributed by atoms with Crippen molar-refractivity contribution >= 4 is 23.1 Å². The first-order valence-electron chi connectivity index (χ1n) is 10.4. The van der Waals surface area contributed by atoms with Gasteiger partial charge < -0.3 is 9.84 Å². The zero-order chi connectivity index (χ0) is 22.8. The Morgan fingerprint density at radius 3 is 2.56 bits per heavy atom. The Morgan fingerprint density at radius 1 is 1.06 bits per heavy atom. The van der Waals surface area contributed by atoms with Crippen molar-refractivity contribution in [2.45, 2.75) is 26.8 Å². The van der Waals surface area contributed by atoms with E-state index in [1.165, 1.54) is 4.90 Å². The fourth-order valence-electron chi connectivity index (χ4n) is 4.03. The van der Waals surface area contributed by atoms with Gasteiger partial charge in [0.1, 0.15) is 17.6 Å². The normalized spacial score (nSPS) is 17.6. The molecule has 1 fully saturated rings. The van der Waals surface area contributed by atoms with Crippen molar-refractivity contribution in [2.75, 3.05) is 11.5 Å². The maximum Gasteiger partial charge on any atom is 0.300 e. The number of aliphatic hydroxyl groups is 1. The first-order valence-corrected chi connectivity index (χ1v) is 10.4. The number of aryl methyl sites for hydroxylation is 2. The van der Waals surface area contributed by atoms with E-state index in [1.807, 2.05) is 39.0 Å². The maximum atomic E-state index is 13.2. The van der Waals surface area contributed by atoms with Gasteiger partial charge in [-0.2, -0.15) is 0 Å². The van der Waals surface area contributed by atoms with Crippen LogP contribution in [0.1, 0.15) is 35.3 Å². The molecule has 1 amide bonds. The molecule has 0 radical (unpaired) electrons. The van der Waals surface area contributed by atoms with E-state index < -0.39 is 17.7 Å². The number of aromatic nitrogens is 1. The molecule has 2 heterocycles. The topological polar surface area (TPSA) is 79.7 Å². The van der Waals surface area contributed by atoms with E-state index in [0.717, 1.165) is 11.1 Å². The number of pyridine rings is 1. The van der Waals surface area contributed by atoms with Gasteiger partial charge in [-0.05, 0) is 56.7 Å². The number of carbonyl (C=O) groups excluding carboxylic acids is 2. The fourth-order valence-corrected chi connectivity index (χ4v) is 4.03. The molecule has 162 valence electrons. The Labute approximate surface area is 186 Å². The molecule has 1 saturated heterocycles. The molecule has 6 nitrogen and oxygen atoms in total. The van der Waals surface area contributed by atoms with Crippen molar-refractivity contribution in [2.24, 2.45) is 0 Å². The Hall–Kier alpha value is -3.93. The van der Waals surface area contributed by atoms with Crippen LogP contribution < -0.4 is 9.64 Å². The highest BCUT2D eigenvalue weighted by Crippen LogP contribution is 2.42. The number of anilines is 1. The molecule has 1 unspecified atom stereocenters. The summed E-state index contributed by atoms with van der Waals surface area (Å²) in [6.45, 7) is 6.19. The minimum atomic E-state index is -0.853. The number of Topliss-reactive ketones (excluding diaryl/α,β-unsaturated/α-hetero) is 1. The third-order valence-electron chi connectivity index (χ3n) is 5.44. The summed E-state index contributed by atoms with van der Waals surface area (Å²) in [5, 5.41) is 11.2. The minimum Gasteiger partial charge on any atom is -0.507 e. The van der Waals surface area contributed by atoms with E-state index in [9.17, 15) is 14.7 Å². The molecule has 0 bridgehead atoms. The third kappa shape index (κ3) is 3.75. The average molecular weight is 428 g/mol. The number of aliphatic hydroxyl groups excluding tert-OH is 1. The van der Waals surface area contributed by atoms with E-state index in [4.69, 9.17) is 4.74 Å². The predicted octanol–water partition coefficient (Wildman–Crippen LogP) is 4.72. The summed E-state index contributed by atoms with van der Waals surface area (Å²) in [5.74, 6) is -1.14. The number of carbonyl (C=O) groups is 2. The molecule has 6 heteroatoms. The number of nitrogens with zero attached hydrogens (tertiary/aromatic N) is 2. The zero-order valence-electron chi connectivity index (χ0n) is 18.2. The van der Waals surface area contributed by atoms with Gasteiger partial charge in [-0.15, -0.1) is 0 Å². The molecule has 1 aromatic heterocycles. The van der Waals surface area contributed by atoms with Crippen LogP contribution in [0, 0.1) is 13.8 Å². The summed E-state index contributed by atoms with van der Waals surface area (Å²) >= 11 is 0. The molecule has 1 aliphatic rings. The van der Waals surface area contributed by atoms with E-state index in [1.54, 1.807) is 48.7 Å². The van der Waals surface area contributed by atoms with E-state index >= 15 is 0 Å². The number of ether oxygens (including phenoxy) is 1. The van der Waals surface area contributed by atoms with Crippen LogP contribution in [0.3, 0.4) is 0 Å². The van der Waals surface area contributed by atoms with Crippen LogP contribution in [0.25, 0.3) is 5.76 Å². The van der Waals surface area contributed by atoms with Crippen LogP contribution in [0.5, 0.6) is 5.75 Å². The SMILES string of the molecule is CCOc1cccc(/C(O)=C2\C(=O)C(=O)N(c3ccc(C)cc3C)C2c2ccccn2)c1. The van der Waals surface area contributed by atoms with Crippen molar-refractivity contribution < 1.29 is 19.4 Å². The highest BCUT2D eigenvalue weighted by atomic mass is 16.5. The zero-order valence-corrected chi connectivity index (χ0v) is 18.2. The molecule has 2 aromatic carbocycles. The number of hydrogen-bond donors (Lipinski definition) is 1. The van der Waals surface area contributed by atoms with Crippen LogP contribution in [0.2, 0.25) is 0 Å². The molecule has 0 saturated carbocycles. The van der Waals surface area contributed by atoms with E-state index in [-0.39, 0.29) is 11.3 Å². The molecule has 1 aliphatic heterocycles. The molecule has 3 aromatic rings. The van der Waals surface area contributed by atoms with Crippen molar-refractivity contribution in [3.63, 3.8) is 0 Å². The van der Waals surface area contributed by atoms with Crippen molar-refractivity contribution in [3.8, 4) is 5.75 Å². The van der Waals surface area contributed by atoms with Gasteiger partial charge in [-0.1, -0.05) is 35.9 Å². The van der Waals surface area contributed by atoms with Crippen molar-refractivity contribution in [1.82, 2.24) is 4.98 Å². The Morgan fingerprint density at radius 2 is 1.88 bits per heavy atom. The summed E-state index contributed by atoms with van der Waals surface area (Å²) < 4.78 is 5.53. The monoisotopic (exact) mass is 428 g/mol. The molecule has 0 aliphatic carbocycles. The average Bonchev–Trinajstić information content (AvgIpc) is 3.05. The molecule has 0 spiro atoms. The first kappa shape index (κ1) is 21.3. The van der Waals surface area contributed by atoms with Gasteiger partial charge in [0, 0.05) is 17.4 Å². The highest BCUT2D eigenvalue weighted by molar-refractivity contribution is 6.51. The lowest BCUT2D eigenvalue weighted by Crippen LogP contribution is -2.30.